The normalized spacial score (nSPS) is 21.2. The lowest BCUT2D eigenvalue weighted by Crippen LogP contribution is -2.31. The molecule has 0 aliphatic carbocycles. The second kappa shape index (κ2) is 7.52. The van der Waals surface area contributed by atoms with Crippen LogP contribution < -0.4 is 10.6 Å². The van der Waals surface area contributed by atoms with Gasteiger partial charge in [0, 0.05) is 31.8 Å². The van der Waals surface area contributed by atoms with E-state index in [0.29, 0.717) is 44.4 Å². The molecular formula is C15H23N5O4S. The fraction of sp³-hybridized carbons (Fsp3) is 0.667. The Hall–Kier alpha value is -1.94. The number of piperidine rings is 1. The van der Waals surface area contributed by atoms with Gasteiger partial charge in [0.1, 0.15) is 11.5 Å². The van der Waals surface area contributed by atoms with Gasteiger partial charge < -0.3 is 20.3 Å². The highest BCUT2D eigenvalue weighted by Gasteiger charge is 2.25. The van der Waals surface area contributed by atoms with Gasteiger partial charge in [-0.15, -0.1) is 0 Å². The standard InChI is InChI=1S/C15H23N5O4S/c1-25(22,23)12-10-18-14(17-5-6-20-7-8-24-15(20)21)19-13(12)11-3-2-4-16-9-11/h10-11,16H,2-9H2,1H3,(H,17,18,19)/t11-/m0/s1. The smallest absolute Gasteiger partial charge is 0.409 e. The van der Waals surface area contributed by atoms with Crippen LogP contribution in [0.3, 0.4) is 0 Å². The molecule has 1 amide bonds. The summed E-state index contributed by atoms with van der Waals surface area (Å²) in [7, 11) is -3.39. The predicted octanol–water partition coefficient (Wildman–Crippen LogP) is 0.211. The first-order valence-corrected chi connectivity index (χ1v) is 10.3. The maximum absolute atomic E-state index is 12.1. The molecule has 0 aromatic carbocycles. The van der Waals surface area contributed by atoms with Crippen molar-refractivity contribution in [1.82, 2.24) is 20.2 Å². The van der Waals surface area contributed by atoms with E-state index < -0.39 is 9.84 Å². The molecule has 2 fully saturated rings. The minimum Gasteiger partial charge on any atom is -0.448 e. The second-order valence-electron chi connectivity index (χ2n) is 6.29. The van der Waals surface area contributed by atoms with E-state index in [0.717, 1.165) is 19.4 Å². The number of anilines is 1. The Labute approximate surface area is 147 Å². The predicted molar refractivity (Wildman–Crippen MR) is 91.4 cm³/mol. The zero-order valence-corrected chi connectivity index (χ0v) is 15.0. The highest BCUT2D eigenvalue weighted by molar-refractivity contribution is 7.90. The molecule has 1 aromatic rings. The summed E-state index contributed by atoms with van der Waals surface area (Å²) in [6, 6.07) is 0. The lowest BCUT2D eigenvalue weighted by molar-refractivity contribution is 0.159. The molecule has 0 radical (unpaired) electrons. The van der Waals surface area contributed by atoms with Gasteiger partial charge in [0.15, 0.2) is 9.84 Å². The topological polar surface area (TPSA) is 114 Å². The van der Waals surface area contributed by atoms with Gasteiger partial charge in [-0.05, 0) is 19.4 Å². The third-order valence-corrected chi connectivity index (χ3v) is 5.49. The Balaban J connectivity index is 1.72. The quantitative estimate of drug-likeness (QED) is 0.732. The maximum atomic E-state index is 12.1. The van der Waals surface area contributed by atoms with E-state index in [2.05, 4.69) is 20.6 Å². The van der Waals surface area contributed by atoms with E-state index in [1.54, 1.807) is 4.90 Å². The molecular weight excluding hydrogens is 346 g/mol. The van der Waals surface area contributed by atoms with E-state index in [1.165, 1.54) is 12.5 Å². The summed E-state index contributed by atoms with van der Waals surface area (Å²) < 4.78 is 29.0. The van der Waals surface area contributed by atoms with E-state index in [-0.39, 0.29) is 16.9 Å². The van der Waals surface area contributed by atoms with Crippen LogP contribution in [0.25, 0.3) is 0 Å². The van der Waals surface area contributed by atoms with Gasteiger partial charge in [0.25, 0.3) is 0 Å². The van der Waals surface area contributed by atoms with Crippen molar-refractivity contribution in [2.75, 3.05) is 50.9 Å². The lowest BCUT2D eigenvalue weighted by Gasteiger charge is -2.24. The summed E-state index contributed by atoms with van der Waals surface area (Å²) in [6.45, 7) is 3.59. The molecule has 25 heavy (non-hydrogen) atoms. The molecule has 9 nitrogen and oxygen atoms in total. The number of hydrogen-bond donors (Lipinski definition) is 2. The number of carbonyl (C=O) groups excluding carboxylic acids is 1. The number of amides is 1. The van der Waals surface area contributed by atoms with Crippen molar-refractivity contribution in [2.24, 2.45) is 0 Å². The van der Waals surface area contributed by atoms with Crippen molar-refractivity contribution in [3.05, 3.63) is 11.9 Å². The average Bonchev–Trinajstić information content (AvgIpc) is 3.00. The molecule has 2 aliphatic rings. The molecule has 2 saturated heterocycles. The number of carbonyl (C=O) groups is 1. The summed E-state index contributed by atoms with van der Waals surface area (Å²) >= 11 is 0. The Kier molecular flexibility index (Phi) is 5.38. The van der Waals surface area contributed by atoms with E-state index in [1.807, 2.05) is 0 Å². The van der Waals surface area contributed by atoms with Crippen LogP contribution in [0.1, 0.15) is 24.5 Å². The Morgan fingerprint density at radius 1 is 1.48 bits per heavy atom. The van der Waals surface area contributed by atoms with Gasteiger partial charge in [-0.3, -0.25) is 0 Å². The molecule has 2 N–H and O–H groups in total. The number of hydrogen-bond acceptors (Lipinski definition) is 8. The van der Waals surface area contributed by atoms with Gasteiger partial charge in [0.2, 0.25) is 5.95 Å². The Morgan fingerprint density at radius 3 is 2.96 bits per heavy atom. The van der Waals surface area contributed by atoms with Crippen LogP contribution in [0.5, 0.6) is 0 Å². The summed E-state index contributed by atoms with van der Waals surface area (Å²) in [5.41, 5.74) is 0.563. The molecule has 3 rings (SSSR count). The van der Waals surface area contributed by atoms with Gasteiger partial charge in [-0.2, -0.15) is 0 Å². The van der Waals surface area contributed by atoms with Crippen LogP contribution in [0.15, 0.2) is 11.1 Å². The number of cyclic esters (lactones) is 1. The van der Waals surface area contributed by atoms with Crippen molar-refractivity contribution in [1.29, 1.82) is 0 Å². The largest absolute Gasteiger partial charge is 0.448 e. The first-order chi connectivity index (χ1) is 11.9. The molecule has 10 heteroatoms. The van der Waals surface area contributed by atoms with Crippen LogP contribution in [0.4, 0.5) is 10.7 Å². The van der Waals surface area contributed by atoms with Crippen molar-refractivity contribution < 1.29 is 17.9 Å². The Morgan fingerprint density at radius 2 is 2.32 bits per heavy atom. The zero-order chi connectivity index (χ0) is 17.9. The third-order valence-electron chi connectivity index (χ3n) is 4.38. The first-order valence-electron chi connectivity index (χ1n) is 8.38. The van der Waals surface area contributed by atoms with Gasteiger partial charge in [0.05, 0.1) is 18.4 Å². The number of aromatic nitrogens is 2. The molecule has 0 saturated carbocycles. The van der Waals surface area contributed by atoms with Crippen LogP contribution in [0.2, 0.25) is 0 Å². The molecule has 1 aromatic heterocycles. The molecule has 0 bridgehead atoms. The van der Waals surface area contributed by atoms with Crippen molar-refractivity contribution >= 4 is 21.9 Å². The highest BCUT2D eigenvalue weighted by atomic mass is 32.2. The molecule has 3 heterocycles. The van der Waals surface area contributed by atoms with Crippen LogP contribution >= 0.6 is 0 Å². The number of rotatable bonds is 6. The monoisotopic (exact) mass is 369 g/mol. The summed E-state index contributed by atoms with van der Waals surface area (Å²) in [5.74, 6) is 0.427. The molecule has 1 atom stereocenters. The van der Waals surface area contributed by atoms with E-state index >= 15 is 0 Å². The fourth-order valence-electron chi connectivity index (χ4n) is 3.06. The Bertz CT molecular complexity index is 733. The minimum absolute atomic E-state index is 0.0515. The van der Waals surface area contributed by atoms with Crippen molar-refractivity contribution in [2.45, 2.75) is 23.7 Å². The van der Waals surface area contributed by atoms with E-state index in [4.69, 9.17) is 4.74 Å². The van der Waals surface area contributed by atoms with Crippen LogP contribution in [-0.2, 0) is 14.6 Å². The number of nitrogens with zero attached hydrogens (tertiary/aromatic N) is 3. The number of nitrogens with one attached hydrogen (secondary N) is 2. The zero-order valence-electron chi connectivity index (χ0n) is 14.2. The average molecular weight is 369 g/mol. The second-order valence-corrected chi connectivity index (χ2v) is 8.27. The SMILES string of the molecule is CS(=O)(=O)c1cnc(NCCN2CCOC2=O)nc1[C@H]1CCCNC1. The highest BCUT2D eigenvalue weighted by Crippen LogP contribution is 2.27. The van der Waals surface area contributed by atoms with Crippen LogP contribution in [0, 0.1) is 0 Å². The molecule has 138 valence electrons. The summed E-state index contributed by atoms with van der Waals surface area (Å²) in [5, 5.41) is 6.35. The van der Waals surface area contributed by atoms with Crippen LogP contribution in [-0.4, -0.2) is 75.0 Å². The maximum Gasteiger partial charge on any atom is 0.409 e. The third kappa shape index (κ3) is 4.37. The molecule has 0 unspecified atom stereocenters. The minimum atomic E-state index is -3.39. The number of sulfone groups is 1. The van der Waals surface area contributed by atoms with Crippen molar-refractivity contribution in [3.8, 4) is 0 Å². The first kappa shape index (κ1) is 17.9. The summed E-state index contributed by atoms with van der Waals surface area (Å²) in [6.07, 6.45) is 4.11. The van der Waals surface area contributed by atoms with Crippen molar-refractivity contribution in [3.63, 3.8) is 0 Å². The summed E-state index contributed by atoms with van der Waals surface area (Å²) in [4.78, 5) is 21.8. The van der Waals surface area contributed by atoms with Gasteiger partial charge in [-0.1, -0.05) is 0 Å². The fourth-order valence-corrected chi connectivity index (χ4v) is 3.90. The van der Waals surface area contributed by atoms with Gasteiger partial charge >= 0.3 is 6.09 Å². The number of ether oxygens (including phenoxy) is 1. The molecule has 0 spiro atoms. The van der Waals surface area contributed by atoms with E-state index in [9.17, 15) is 13.2 Å². The lowest BCUT2D eigenvalue weighted by atomic mass is 9.96. The van der Waals surface area contributed by atoms with Gasteiger partial charge in [-0.25, -0.2) is 23.2 Å². The molecule has 2 aliphatic heterocycles.